The number of nitrogens with zero attached hydrogens (tertiary/aromatic N) is 1. The van der Waals surface area contributed by atoms with Crippen molar-refractivity contribution in [2.45, 2.75) is 26.7 Å². The Hall–Kier alpha value is -2.33. The molecule has 0 saturated carbocycles. The van der Waals surface area contributed by atoms with E-state index in [0.717, 1.165) is 37.1 Å². The van der Waals surface area contributed by atoms with Gasteiger partial charge in [0.2, 0.25) is 0 Å². The molecule has 2 aromatic rings. The van der Waals surface area contributed by atoms with E-state index in [1.54, 1.807) is 24.3 Å². The van der Waals surface area contributed by atoms with Crippen molar-refractivity contribution in [3.63, 3.8) is 0 Å². The molecule has 0 radical (unpaired) electrons. The Labute approximate surface area is 152 Å². The van der Waals surface area contributed by atoms with Gasteiger partial charge in [0.25, 0.3) is 11.8 Å². The number of hydrogen-bond acceptors (Lipinski definition) is 2. The summed E-state index contributed by atoms with van der Waals surface area (Å²) in [6.45, 7) is 5.43. The van der Waals surface area contributed by atoms with Gasteiger partial charge >= 0.3 is 0 Å². The first kappa shape index (κ1) is 17.5. The van der Waals surface area contributed by atoms with E-state index in [4.69, 9.17) is 11.6 Å². The highest BCUT2D eigenvalue weighted by atomic mass is 35.5. The molecule has 1 aliphatic rings. The molecule has 0 unspecified atom stereocenters. The van der Waals surface area contributed by atoms with E-state index < -0.39 is 0 Å². The number of carbonyl (C=O) groups excluding carboxylic acids is 2. The van der Waals surface area contributed by atoms with E-state index >= 15 is 0 Å². The topological polar surface area (TPSA) is 49.4 Å². The van der Waals surface area contributed by atoms with Crippen molar-refractivity contribution in [3.05, 3.63) is 63.7 Å². The molecule has 0 bridgehead atoms. The number of benzene rings is 2. The normalized spacial score (nSPS) is 13.8. The minimum Gasteiger partial charge on any atom is -0.339 e. The first-order chi connectivity index (χ1) is 12.0. The number of halogens is 1. The zero-order valence-electron chi connectivity index (χ0n) is 14.4. The van der Waals surface area contributed by atoms with Gasteiger partial charge in [0.1, 0.15) is 0 Å². The van der Waals surface area contributed by atoms with Crippen LogP contribution in [-0.2, 0) is 0 Å². The minimum atomic E-state index is -0.273. The molecule has 2 aromatic carbocycles. The van der Waals surface area contributed by atoms with Crippen molar-refractivity contribution in [1.82, 2.24) is 4.90 Å². The van der Waals surface area contributed by atoms with Crippen molar-refractivity contribution >= 4 is 29.1 Å². The van der Waals surface area contributed by atoms with Crippen LogP contribution in [0.25, 0.3) is 0 Å². The Kier molecular flexibility index (Phi) is 5.09. The summed E-state index contributed by atoms with van der Waals surface area (Å²) in [6.07, 6.45) is 2.08. The minimum absolute atomic E-state index is 0.0169. The maximum Gasteiger partial charge on any atom is 0.255 e. The highest BCUT2D eigenvalue weighted by Crippen LogP contribution is 2.28. The number of nitrogens with one attached hydrogen (secondary N) is 1. The molecule has 1 N–H and O–H groups in total. The second-order valence-corrected chi connectivity index (χ2v) is 6.88. The fourth-order valence-electron chi connectivity index (χ4n) is 3.16. The van der Waals surface area contributed by atoms with Gasteiger partial charge in [-0.1, -0.05) is 23.7 Å². The van der Waals surface area contributed by atoms with Crippen LogP contribution in [0.5, 0.6) is 0 Å². The molecule has 5 heteroatoms. The lowest BCUT2D eigenvalue weighted by Gasteiger charge is -2.16. The van der Waals surface area contributed by atoms with Crippen molar-refractivity contribution in [1.29, 1.82) is 0 Å². The van der Waals surface area contributed by atoms with Crippen LogP contribution in [0.3, 0.4) is 0 Å². The molecule has 0 aromatic heterocycles. The summed E-state index contributed by atoms with van der Waals surface area (Å²) < 4.78 is 0. The van der Waals surface area contributed by atoms with E-state index in [1.165, 1.54) is 0 Å². The van der Waals surface area contributed by atoms with E-state index in [0.29, 0.717) is 21.8 Å². The lowest BCUT2D eigenvalue weighted by atomic mass is 10.1. The predicted molar refractivity (Wildman–Crippen MR) is 100 cm³/mol. The number of aryl methyl sites for hydroxylation is 2. The van der Waals surface area contributed by atoms with Crippen molar-refractivity contribution in [2.75, 3.05) is 18.4 Å². The van der Waals surface area contributed by atoms with Crippen LogP contribution in [0.2, 0.25) is 5.02 Å². The Bertz CT molecular complexity index is 803. The van der Waals surface area contributed by atoms with E-state index in [1.807, 2.05) is 30.9 Å². The standard InChI is InChI=1S/C20H21ClN2O2/c1-13-10-14(2)18(17(21)11-13)22-19(24)15-6-5-7-16(12-15)20(25)23-8-3-4-9-23/h5-7,10-12H,3-4,8-9H2,1-2H3,(H,22,24). The van der Waals surface area contributed by atoms with Gasteiger partial charge in [-0.05, 0) is 62.1 Å². The molecule has 0 spiro atoms. The molecule has 1 fully saturated rings. The maximum absolute atomic E-state index is 12.6. The highest BCUT2D eigenvalue weighted by Gasteiger charge is 2.20. The molecule has 1 aliphatic heterocycles. The van der Waals surface area contributed by atoms with Gasteiger partial charge in [-0.3, -0.25) is 9.59 Å². The highest BCUT2D eigenvalue weighted by molar-refractivity contribution is 6.34. The van der Waals surface area contributed by atoms with Crippen LogP contribution in [0.1, 0.15) is 44.7 Å². The average Bonchev–Trinajstić information content (AvgIpc) is 3.12. The fraction of sp³-hybridized carbons (Fsp3) is 0.300. The predicted octanol–water partition coefficient (Wildman–Crippen LogP) is 4.45. The third kappa shape index (κ3) is 3.85. The van der Waals surface area contributed by atoms with Crippen LogP contribution in [-0.4, -0.2) is 29.8 Å². The second kappa shape index (κ2) is 7.28. The van der Waals surface area contributed by atoms with Crippen molar-refractivity contribution in [3.8, 4) is 0 Å². The van der Waals surface area contributed by atoms with Crippen LogP contribution in [0, 0.1) is 13.8 Å². The molecule has 25 heavy (non-hydrogen) atoms. The average molecular weight is 357 g/mol. The lowest BCUT2D eigenvalue weighted by molar-refractivity contribution is 0.0793. The molecule has 130 valence electrons. The number of rotatable bonds is 3. The molecule has 3 rings (SSSR count). The summed E-state index contributed by atoms with van der Waals surface area (Å²) in [7, 11) is 0. The fourth-order valence-corrected chi connectivity index (χ4v) is 3.52. The van der Waals surface area contributed by atoms with Crippen LogP contribution in [0.4, 0.5) is 5.69 Å². The van der Waals surface area contributed by atoms with Crippen molar-refractivity contribution in [2.24, 2.45) is 0 Å². The van der Waals surface area contributed by atoms with Crippen LogP contribution >= 0.6 is 11.6 Å². The Morgan fingerprint density at radius 1 is 1.04 bits per heavy atom. The van der Waals surface area contributed by atoms with Gasteiger partial charge in [0.05, 0.1) is 10.7 Å². The summed E-state index contributed by atoms with van der Waals surface area (Å²) >= 11 is 6.26. The third-order valence-electron chi connectivity index (χ3n) is 4.44. The summed E-state index contributed by atoms with van der Waals surface area (Å²) in [5, 5.41) is 3.37. The zero-order valence-corrected chi connectivity index (χ0v) is 15.2. The SMILES string of the molecule is Cc1cc(C)c(NC(=O)c2cccc(C(=O)N3CCCC3)c2)c(Cl)c1. The van der Waals surface area contributed by atoms with Gasteiger partial charge in [-0.15, -0.1) is 0 Å². The summed E-state index contributed by atoms with van der Waals surface area (Å²) in [5.74, 6) is -0.290. The van der Waals surface area contributed by atoms with Crippen LogP contribution < -0.4 is 5.32 Å². The first-order valence-corrected chi connectivity index (χ1v) is 8.81. The number of likely N-dealkylation sites (tertiary alicyclic amines) is 1. The summed E-state index contributed by atoms with van der Waals surface area (Å²) in [4.78, 5) is 26.9. The van der Waals surface area contributed by atoms with Gasteiger partial charge in [0, 0.05) is 24.2 Å². The Morgan fingerprint density at radius 3 is 2.40 bits per heavy atom. The number of anilines is 1. The molecule has 2 amide bonds. The largest absolute Gasteiger partial charge is 0.339 e. The van der Waals surface area contributed by atoms with Gasteiger partial charge in [-0.2, -0.15) is 0 Å². The van der Waals surface area contributed by atoms with E-state index in [-0.39, 0.29) is 11.8 Å². The summed E-state index contributed by atoms with van der Waals surface area (Å²) in [6, 6.07) is 10.6. The third-order valence-corrected chi connectivity index (χ3v) is 4.73. The van der Waals surface area contributed by atoms with Gasteiger partial charge in [-0.25, -0.2) is 0 Å². The molecule has 4 nitrogen and oxygen atoms in total. The summed E-state index contributed by atoms with van der Waals surface area (Å²) in [5.41, 5.74) is 3.54. The molecular formula is C20H21ClN2O2. The Morgan fingerprint density at radius 2 is 1.72 bits per heavy atom. The Balaban J connectivity index is 1.81. The second-order valence-electron chi connectivity index (χ2n) is 6.47. The van der Waals surface area contributed by atoms with E-state index in [2.05, 4.69) is 5.32 Å². The van der Waals surface area contributed by atoms with Gasteiger partial charge < -0.3 is 10.2 Å². The monoisotopic (exact) mass is 356 g/mol. The molecule has 1 saturated heterocycles. The quantitative estimate of drug-likeness (QED) is 0.883. The molecular weight excluding hydrogens is 336 g/mol. The zero-order chi connectivity index (χ0) is 18.0. The number of hydrogen-bond donors (Lipinski definition) is 1. The van der Waals surface area contributed by atoms with E-state index in [9.17, 15) is 9.59 Å². The smallest absolute Gasteiger partial charge is 0.255 e. The number of amides is 2. The molecule has 0 aliphatic carbocycles. The molecule has 0 atom stereocenters. The van der Waals surface area contributed by atoms with Gasteiger partial charge in [0.15, 0.2) is 0 Å². The lowest BCUT2D eigenvalue weighted by Crippen LogP contribution is -2.27. The number of carbonyl (C=O) groups is 2. The molecule has 1 heterocycles. The first-order valence-electron chi connectivity index (χ1n) is 8.43. The van der Waals surface area contributed by atoms with Crippen LogP contribution in [0.15, 0.2) is 36.4 Å². The maximum atomic E-state index is 12.6. The van der Waals surface area contributed by atoms with Crippen molar-refractivity contribution < 1.29 is 9.59 Å².